The molecule has 6 nitrogen and oxygen atoms in total. The summed E-state index contributed by atoms with van der Waals surface area (Å²) < 4.78 is 7.04. The van der Waals surface area contributed by atoms with E-state index in [9.17, 15) is 20.1 Å². The van der Waals surface area contributed by atoms with E-state index in [4.69, 9.17) is 4.42 Å². The predicted octanol–water partition coefficient (Wildman–Crippen LogP) is 3.26. The van der Waals surface area contributed by atoms with E-state index in [-0.39, 0.29) is 46.5 Å². The summed E-state index contributed by atoms with van der Waals surface area (Å²) >= 11 is 2.17. The van der Waals surface area contributed by atoms with Crippen molar-refractivity contribution in [1.82, 2.24) is 4.90 Å². The number of rotatable bonds is 3. The van der Waals surface area contributed by atoms with Gasteiger partial charge in [-0.2, -0.15) is 0 Å². The smallest absolute Gasteiger partial charge is 0.197 e. The lowest BCUT2D eigenvalue weighted by Crippen LogP contribution is -2.32. The van der Waals surface area contributed by atoms with E-state index in [0.29, 0.717) is 17.7 Å². The highest BCUT2D eigenvalue weighted by molar-refractivity contribution is 14.1. The van der Waals surface area contributed by atoms with Crippen molar-refractivity contribution in [3.63, 3.8) is 0 Å². The number of fused-ring (bicyclic) bond motifs is 1. The normalized spacial score (nSPS) is 20.1. The van der Waals surface area contributed by atoms with Gasteiger partial charge in [-0.05, 0) is 48.7 Å². The molecule has 0 amide bonds. The number of aliphatic hydroxyl groups excluding tert-OH is 1. The molecule has 0 unspecified atom stereocenters. The van der Waals surface area contributed by atoms with Crippen molar-refractivity contribution < 1.29 is 19.7 Å². The van der Waals surface area contributed by atoms with Crippen LogP contribution in [0.5, 0.6) is 11.5 Å². The molecule has 0 bridgehead atoms. The summed E-state index contributed by atoms with van der Waals surface area (Å²) in [6, 6.07) is 9.87. The summed E-state index contributed by atoms with van der Waals surface area (Å²) in [5, 5.41) is 30.8. The Hall–Kier alpha value is -2.10. The number of likely N-dealkylation sites (tertiary alicyclic amines) is 1. The molecule has 1 aliphatic rings. The lowest BCUT2D eigenvalue weighted by Gasteiger charge is -2.24. The Balaban J connectivity index is 2.03. The molecule has 3 aromatic rings. The van der Waals surface area contributed by atoms with Crippen LogP contribution in [0.15, 0.2) is 45.6 Å². The van der Waals surface area contributed by atoms with E-state index < -0.39 is 0 Å². The molecule has 0 aliphatic carbocycles. The van der Waals surface area contributed by atoms with Crippen molar-refractivity contribution in [2.75, 3.05) is 20.2 Å². The monoisotopic (exact) mass is 493 g/mol. The van der Waals surface area contributed by atoms with Crippen LogP contribution < -0.4 is 5.43 Å². The Labute approximate surface area is 175 Å². The highest BCUT2D eigenvalue weighted by Crippen LogP contribution is 2.44. The van der Waals surface area contributed by atoms with E-state index >= 15 is 0 Å². The molecule has 146 valence electrons. The molecule has 1 aliphatic heterocycles. The van der Waals surface area contributed by atoms with Gasteiger partial charge in [0.25, 0.3) is 0 Å². The van der Waals surface area contributed by atoms with Crippen LogP contribution in [-0.2, 0) is 0 Å². The van der Waals surface area contributed by atoms with Gasteiger partial charge < -0.3 is 24.6 Å². The summed E-state index contributed by atoms with van der Waals surface area (Å²) in [4.78, 5) is 14.9. The molecular formula is C21H20INO5. The average Bonchev–Trinajstić information content (AvgIpc) is 3.01. The topological polar surface area (TPSA) is 94.1 Å². The Morgan fingerprint density at radius 1 is 1.21 bits per heavy atom. The van der Waals surface area contributed by atoms with E-state index in [2.05, 4.69) is 22.6 Å². The first-order chi connectivity index (χ1) is 13.4. The quantitative estimate of drug-likeness (QED) is 0.486. The van der Waals surface area contributed by atoms with Crippen LogP contribution in [0.2, 0.25) is 0 Å². The van der Waals surface area contributed by atoms with Crippen molar-refractivity contribution in [2.24, 2.45) is 0 Å². The van der Waals surface area contributed by atoms with Crippen LogP contribution in [-0.4, -0.2) is 46.5 Å². The first-order valence-electron chi connectivity index (χ1n) is 9.01. The molecule has 3 N–H and O–H groups in total. The second-order valence-electron chi connectivity index (χ2n) is 7.11. The van der Waals surface area contributed by atoms with Crippen molar-refractivity contribution in [2.45, 2.75) is 18.4 Å². The molecule has 0 spiro atoms. The van der Waals surface area contributed by atoms with Crippen LogP contribution in [0.25, 0.3) is 22.3 Å². The van der Waals surface area contributed by atoms with Crippen molar-refractivity contribution in [1.29, 1.82) is 0 Å². The fraction of sp³-hybridized carbons (Fsp3) is 0.286. The second-order valence-corrected chi connectivity index (χ2v) is 8.28. The van der Waals surface area contributed by atoms with E-state index in [1.54, 1.807) is 0 Å². The number of aromatic hydroxyl groups is 2. The molecule has 2 heterocycles. The largest absolute Gasteiger partial charge is 0.507 e. The zero-order valence-electron chi connectivity index (χ0n) is 15.2. The van der Waals surface area contributed by atoms with Gasteiger partial charge >= 0.3 is 0 Å². The molecule has 4 rings (SSSR count). The summed E-state index contributed by atoms with van der Waals surface area (Å²) in [7, 11) is 1.91. The van der Waals surface area contributed by atoms with Crippen LogP contribution in [0.3, 0.4) is 0 Å². The molecule has 2 aromatic carbocycles. The third-order valence-electron chi connectivity index (χ3n) is 5.52. The van der Waals surface area contributed by atoms with Gasteiger partial charge in [0, 0.05) is 38.8 Å². The lowest BCUT2D eigenvalue weighted by molar-refractivity contribution is 0.172. The molecule has 0 saturated carbocycles. The van der Waals surface area contributed by atoms with E-state index in [1.807, 2.05) is 36.2 Å². The standard InChI is InChI=1S/C21H20INO5/c1-23-7-6-12(14(23)10-24)19-15(25)8-16(26)20-17(27)9-18(28-21(19)20)11-4-2-3-5-13(11)22/h2-5,8-9,12,14,24-26H,6-7,10H2,1H3/t12-,14+/m0/s1. The predicted molar refractivity (Wildman–Crippen MR) is 115 cm³/mol. The Kier molecular flexibility index (Phi) is 5.07. The van der Waals surface area contributed by atoms with Gasteiger partial charge in [0.15, 0.2) is 5.43 Å². The molecule has 1 aromatic heterocycles. The van der Waals surface area contributed by atoms with Gasteiger partial charge in [-0.3, -0.25) is 4.79 Å². The van der Waals surface area contributed by atoms with E-state index in [0.717, 1.165) is 15.7 Å². The molecule has 1 fully saturated rings. The third-order valence-corrected chi connectivity index (χ3v) is 6.46. The molecule has 2 atom stereocenters. The van der Waals surface area contributed by atoms with Crippen LogP contribution in [0, 0.1) is 3.57 Å². The summed E-state index contributed by atoms with van der Waals surface area (Å²) in [6.07, 6.45) is 0.700. The van der Waals surface area contributed by atoms with E-state index in [1.165, 1.54) is 12.1 Å². The van der Waals surface area contributed by atoms with Gasteiger partial charge in [-0.25, -0.2) is 0 Å². The number of aliphatic hydroxyl groups is 1. The number of hydrogen-bond donors (Lipinski definition) is 3. The molecule has 1 saturated heterocycles. The highest BCUT2D eigenvalue weighted by Gasteiger charge is 2.36. The fourth-order valence-electron chi connectivity index (χ4n) is 4.09. The minimum absolute atomic E-state index is 0.0498. The van der Waals surface area contributed by atoms with Crippen LogP contribution in [0.1, 0.15) is 17.9 Å². The summed E-state index contributed by atoms with van der Waals surface area (Å²) in [5.41, 5.74) is 1.03. The van der Waals surface area contributed by atoms with Gasteiger partial charge in [0.05, 0.1) is 6.61 Å². The first-order valence-corrected chi connectivity index (χ1v) is 10.1. The number of likely N-dealkylation sites (N-methyl/N-ethyl adjacent to an activating group) is 1. The number of phenolic OH excluding ortho intramolecular Hbond substituents is 2. The Bertz CT molecular complexity index is 1110. The lowest BCUT2D eigenvalue weighted by atomic mass is 9.89. The maximum Gasteiger partial charge on any atom is 0.197 e. The molecule has 7 heteroatoms. The Morgan fingerprint density at radius 3 is 2.68 bits per heavy atom. The maximum absolute atomic E-state index is 12.8. The van der Waals surface area contributed by atoms with Crippen molar-refractivity contribution in [3.8, 4) is 22.8 Å². The minimum Gasteiger partial charge on any atom is -0.507 e. The number of phenols is 2. The summed E-state index contributed by atoms with van der Waals surface area (Å²) in [5.74, 6) is -0.287. The molecule has 28 heavy (non-hydrogen) atoms. The highest BCUT2D eigenvalue weighted by atomic mass is 127. The molecular weight excluding hydrogens is 473 g/mol. The van der Waals surface area contributed by atoms with Gasteiger partial charge in [-0.1, -0.05) is 18.2 Å². The minimum atomic E-state index is -0.374. The van der Waals surface area contributed by atoms with Gasteiger partial charge in [0.1, 0.15) is 28.2 Å². The zero-order valence-corrected chi connectivity index (χ0v) is 17.4. The SMILES string of the molecule is CN1CC[C@H](c2c(O)cc(O)c3c(=O)cc(-c4ccccc4I)oc23)[C@H]1CO. The van der Waals surface area contributed by atoms with Crippen molar-refractivity contribution in [3.05, 3.63) is 55.8 Å². The molecule has 0 radical (unpaired) electrons. The number of hydrogen-bond acceptors (Lipinski definition) is 6. The third kappa shape index (κ3) is 3.07. The number of benzene rings is 2. The van der Waals surface area contributed by atoms with Gasteiger partial charge in [-0.15, -0.1) is 0 Å². The first kappa shape index (κ1) is 19.2. The second kappa shape index (κ2) is 7.38. The average molecular weight is 493 g/mol. The van der Waals surface area contributed by atoms with Gasteiger partial charge in [0.2, 0.25) is 0 Å². The maximum atomic E-state index is 12.8. The fourth-order valence-corrected chi connectivity index (χ4v) is 4.74. The Morgan fingerprint density at radius 2 is 1.96 bits per heavy atom. The van der Waals surface area contributed by atoms with Crippen LogP contribution >= 0.6 is 22.6 Å². The number of halogens is 1. The van der Waals surface area contributed by atoms with Crippen molar-refractivity contribution >= 4 is 33.6 Å². The summed E-state index contributed by atoms with van der Waals surface area (Å²) in [6.45, 7) is 0.668. The van der Waals surface area contributed by atoms with Crippen LogP contribution in [0.4, 0.5) is 0 Å². The zero-order chi connectivity index (χ0) is 20.0. The number of nitrogens with zero attached hydrogens (tertiary/aromatic N) is 1.